The number of carbonyl (C=O) groups excluding carboxylic acids is 2. The van der Waals surface area contributed by atoms with Crippen LogP contribution in [0.2, 0.25) is 0 Å². The van der Waals surface area contributed by atoms with E-state index in [1.165, 1.54) is 20.8 Å². The van der Waals surface area contributed by atoms with Crippen molar-refractivity contribution in [3.8, 4) is 0 Å². The van der Waals surface area contributed by atoms with E-state index in [1.54, 1.807) is 35.6 Å². The van der Waals surface area contributed by atoms with Crippen molar-refractivity contribution >= 4 is 12.1 Å². The van der Waals surface area contributed by atoms with Crippen LogP contribution in [0.5, 0.6) is 0 Å². The molecule has 0 aromatic heterocycles. The molecule has 0 bridgehead atoms. The number of esters is 1. The predicted octanol–water partition coefficient (Wildman–Crippen LogP) is 4.75. The fourth-order valence-electron chi connectivity index (χ4n) is 2.18. The van der Waals surface area contributed by atoms with Crippen LogP contribution in [0.15, 0.2) is 30.3 Å². The van der Waals surface area contributed by atoms with Gasteiger partial charge in [0.25, 0.3) is 0 Å². The molecule has 5 nitrogen and oxygen atoms in total. The van der Waals surface area contributed by atoms with Gasteiger partial charge in [0.05, 0.1) is 0 Å². The Labute approximate surface area is 163 Å². The molecule has 1 N–H and O–H groups in total. The van der Waals surface area contributed by atoms with Gasteiger partial charge < -0.3 is 14.8 Å². The van der Waals surface area contributed by atoms with Crippen LogP contribution < -0.4 is 5.32 Å². The normalized spacial score (nSPS) is 13.7. The van der Waals surface area contributed by atoms with Crippen molar-refractivity contribution in [2.75, 3.05) is 0 Å². The van der Waals surface area contributed by atoms with Crippen LogP contribution in [-0.2, 0) is 20.9 Å². The van der Waals surface area contributed by atoms with Gasteiger partial charge in [0.1, 0.15) is 18.2 Å². The molecule has 0 aliphatic heterocycles. The summed E-state index contributed by atoms with van der Waals surface area (Å²) in [6.45, 7) is 3.83. The van der Waals surface area contributed by atoms with Crippen molar-refractivity contribution in [3.05, 3.63) is 35.9 Å². The van der Waals surface area contributed by atoms with E-state index in [0.717, 1.165) is 0 Å². The van der Waals surface area contributed by atoms with Crippen molar-refractivity contribution < 1.29 is 45.4 Å². The quantitative estimate of drug-likeness (QED) is 0.524. The number of halogens is 6. The molecule has 1 aromatic carbocycles. The first-order valence-corrected chi connectivity index (χ1v) is 8.43. The van der Waals surface area contributed by atoms with Gasteiger partial charge in [-0.3, -0.25) is 0 Å². The summed E-state index contributed by atoms with van der Waals surface area (Å²) < 4.78 is 86.8. The van der Waals surface area contributed by atoms with Gasteiger partial charge in [-0.1, -0.05) is 30.3 Å². The molecule has 1 atom stereocenters. The number of alkyl carbamates (subject to hydrolysis) is 1. The monoisotopic (exact) mass is 429 g/mol. The van der Waals surface area contributed by atoms with E-state index in [0.29, 0.717) is 5.56 Å². The Morgan fingerprint density at radius 2 is 1.48 bits per heavy atom. The first-order valence-electron chi connectivity index (χ1n) is 8.43. The molecule has 1 aromatic rings. The predicted molar refractivity (Wildman–Crippen MR) is 89.6 cm³/mol. The summed E-state index contributed by atoms with van der Waals surface area (Å²) in [7, 11) is 0. The summed E-state index contributed by atoms with van der Waals surface area (Å²) in [6.07, 6.45) is -14.5. The third-order valence-corrected chi connectivity index (χ3v) is 3.46. The number of ether oxygens (including phenoxy) is 2. The number of hydrogen-bond donors (Lipinski definition) is 1. The Bertz CT molecular complexity index is 668. The lowest BCUT2D eigenvalue weighted by atomic mass is 9.98. The Morgan fingerprint density at radius 3 is 1.93 bits per heavy atom. The van der Waals surface area contributed by atoms with E-state index in [9.17, 15) is 35.9 Å². The van der Waals surface area contributed by atoms with Crippen molar-refractivity contribution in [1.29, 1.82) is 0 Å². The highest BCUT2D eigenvalue weighted by Crippen LogP contribution is 2.42. The van der Waals surface area contributed by atoms with E-state index < -0.39 is 48.4 Å². The molecule has 1 rings (SSSR count). The number of alkyl halides is 6. The van der Waals surface area contributed by atoms with Crippen molar-refractivity contribution in [2.24, 2.45) is 5.92 Å². The number of carbonyl (C=O) groups is 2. The highest BCUT2D eigenvalue weighted by atomic mass is 19.4. The van der Waals surface area contributed by atoms with Gasteiger partial charge in [-0.05, 0) is 32.8 Å². The van der Waals surface area contributed by atoms with Crippen LogP contribution in [0.1, 0.15) is 32.8 Å². The molecule has 0 fully saturated rings. The molecule has 0 aliphatic carbocycles. The summed E-state index contributed by atoms with van der Waals surface area (Å²) in [5.74, 6) is -5.27. The van der Waals surface area contributed by atoms with Gasteiger partial charge in [-0.2, -0.15) is 26.3 Å². The highest BCUT2D eigenvalue weighted by Gasteiger charge is 2.57. The third-order valence-electron chi connectivity index (χ3n) is 3.46. The summed E-state index contributed by atoms with van der Waals surface area (Å²) in [4.78, 5) is 24.0. The van der Waals surface area contributed by atoms with E-state index >= 15 is 0 Å². The van der Waals surface area contributed by atoms with Gasteiger partial charge in [0.15, 0.2) is 5.92 Å². The second kappa shape index (κ2) is 9.36. The summed E-state index contributed by atoms with van der Waals surface area (Å²) in [5.41, 5.74) is -0.670. The maximum atomic E-state index is 12.9. The van der Waals surface area contributed by atoms with Crippen LogP contribution in [0.3, 0.4) is 0 Å². The SMILES string of the molecule is CC(C)(C)OC(=O)[C@H](CC(C(F)(F)F)C(F)(F)F)NC(=O)OCc1ccccc1. The van der Waals surface area contributed by atoms with Gasteiger partial charge in [0.2, 0.25) is 0 Å². The minimum atomic E-state index is -5.67. The fourth-order valence-corrected chi connectivity index (χ4v) is 2.18. The molecule has 11 heteroatoms. The molecule has 0 unspecified atom stereocenters. The zero-order valence-corrected chi connectivity index (χ0v) is 15.9. The molecule has 0 spiro atoms. The smallest absolute Gasteiger partial charge is 0.408 e. The lowest BCUT2D eigenvalue weighted by molar-refractivity contribution is -0.286. The second-order valence-electron chi connectivity index (χ2n) is 7.16. The van der Waals surface area contributed by atoms with Crippen molar-refractivity contribution in [2.45, 2.75) is 57.8 Å². The highest BCUT2D eigenvalue weighted by molar-refractivity contribution is 5.81. The summed E-state index contributed by atoms with van der Waals surface area (Å²) >= 11 is 0. The van der Waals surface area contributed by atoms with Crippen LogP contribution in [0.25, 0.3) is 0 Å². The zero-order chi connectivity index (χ0) is 22.5. The first kappa shape index (κ1) is 24.6. The zero-order valence-electron chi connectivity index (χ0n) is 15.9. The van der Waals surface area contributed by atoms with E-state index in [2.05, 4.69) is 0 Å². The molecule has 0 radical (unpaired) electrons. The number of hydrogen-bond acceptors (Lipinski definition) is 4. The summed E-state index contributed by atoms with van der Waals surface area (Å²) in [6, 6.07) is 5.92. The lowest BCUT2D eigenvalue weighted by Gasteiger charge is -2.28. The van der Waals surface area contributed by atoms with E-state index in [-0.39, 0.29) is 6.61 Å². The number of nitrogens with one attached hydrogen (secondary N) is 1. The average molecular weight is 429 g/mol. The number of amides is 1. The van der Waals surface area contributed by atoms with Gasteiger partial charge in [-0.15, -0.1) is 0 Å². The first-order chi connectivity index (χ1) is 13.1. The van der Waals surface area contributed by atoms with Crippen LogP contribution >= 0.6 is 0 Å². The maximum Gasteiger partial charge on any atom is 0.408 e. The minimum Gasteiger partial charge on any atom is -0.458 e. The molecule has 0 saturated carbocycles. The largest absolute Gasteiger partial charge is 0.458 e. The van der Waals surface area contributed by atoms with Crippen LogP contribution in [0.4, 0.5) is 31.1 Å². The van der Waals surface area contributed by atoms with Gasteiger partial charge in [0, 0.05) is 0 Å². The van der Waals surface area contributed by atoms with E-state index in [4.69, 9.17) is 9.47 Å². The Balaban J connectivity index is 2.95. The second-order valence-corrected chi connectivity index (χ2v) is 7.16. The molecule has 0 aliphatic rings. The Morgan fingerprint density at radius 1 is 0.966 bits per heavy atom. The standard InChI is InChI=1S/C18H21F6NO4/c1-16(2,3)29-14(26)12(9-13(17(19,20)21)18(22,23)24)25-15(27)28-10-11-7-5-4-6-8-11/h4-8,12-13H,9-10H2,1-3H3,(H,25,27)/t12-/m0/s1. The lowest BCUT2D eigenvalue weighted by Crippen LogP contribution is -2.49. The average Bonchev–Trinajstić information content (AvgIpc) is 2.53. The molecule has 29 heavy (non-hydrogen) atoms. The Kier molecular flexibility index (Phi) is 7.93. The topological polar surface area (TPSA) is 64.6 Å². The van der Waals surface area contributed by atoms with E-state index in [1.807, 2.05) is 0 Å². The maximum absolute atomic E-state index is 12.9. The third kappa shape index (κ3) is 9.05. The Hall–Kier alpha value is -2.46. The molecular formula is C18H21F6NO4. The molecular weight excluding hydrogens is 408 g/mol. The van der Waals surface area contributed by atoms with Crippen molar-refractivity contribution in [1.82, 2.24) is 5.32 Å². The molecule has 0 saturated heterocycles. The fraction of sp³-hybridized carbons (Fsp3) is 0.556. The number of rotatable bonds is 6. The molecule has 0 heterocycles. The minimum absolute atomic E-state index is 0.296. The van der Waals surface area contributed by atoms with Crippen LogP contribution in [-0.4, -0.2) is 36.1 Å². The van der Waals surface area contributed by atoms with Gasteiger partial charge >= 0.3 is 24.4 Å². The molecule has 164 valence electrons. The number of benzene rings is 1. The van der Waals surface area contributed by atoms with Gasteiger partial charge in [-0.25, -0.2) is 9.59 Å². The van der Waals surface area contributed by atoms with Crippen LogP contribution in [0, 0.1) is 5.92 Å². The molecule has 1 amide bonds. The summed E-state index contributed by atoms with van der Waals surface area (Å²) in [5, 5.41) is 1.75. The van der Waals surface area contributed by atoms with Crippen molar-refractivity contribution in [3.63, 3.8) is 0 Å².